The lowest BCUT2D eigenvalue weighted by molar-refractivity contribution is 0.274. The first kappa shape index (κ1) is 12.8. The van der Waals surface area contributed by atoms with Crippen molar-refractivity contribution in [3.63, 3.8) is 0 Å². The first-order valence-corrected chi connectivity index (χ1v) is 6.90. The average Bonchev–Trinajstić information content (AvgIpc) is 2.51. The molecule has 1 aromatic heterocycles. The normalized spacial score (nSPS) is 13.4. The van der Waals surface area contributed by atoms with E-state index in [4.69, 9.17) is 15.2 Å². The first-order valence-electron chi connectivity index (χ1n) is 6.90. The number of nitrogen functional groups attached to an aromatic ring is 1. The molecule has 0 amide bonds. The molecular formula is C16H18N2O2. The van der Waals surface area contributed by atoms with Gasteiger partial charge in [-0.2, -0.15) is 0 Å². The Bertz CT molecular complexity index is 585. The summed E-state index contributed by atoms with van der Waals surface area (Å²) in [5, 5.41) is 0. The number of nitrogens with zero attached hydrogens (tertiary/aromatic N) is 1. The second-order valence-electron chi connectivity index (χ2n) is 4.87. The molecule has 0 bridgehead atoms. The Balaban J connectivity index is 1.69. The summed E-state index contributed by atoms with van der Waals surface area (Å²) in [6.07, 6.45) is 6.44. The molecule has 0 atom stereocenters. The van der Waals surface area contributed by atoms with E-state index in [1.54, 1.807) is 12.4 Å². The number of nitrogens with two attached hydrogens (primary N) is 1. The van der Waals surface area contributed by atoms with Crippen LogP contribution in [0.5, 0.6) is 11.5 Å². The van der Waals surface area contributed by atoms with Crippen LogP contribution in [0.25, 0.3) is 0 Å². The lowest BCUT2D eigenvalue weighted by atomic mass is 10.0. The molecule has 2 heterocycles. The number of pyridine rings is 1. The van der Waals surface area contributed by atoms with Crippen molar-refractivity contribution in [3.05, 3.63) is 47.8 Å². The van der Waals surface area contributed by atoms with Gasteiger partial charge in [0, 0.05) is 24.4 Å². The van der Waals surface area contributed by atoms with E-state index in [1.165, 1.54) is 5.56 Å². The molecule has 0 fully saturated rings. The maximum atomic E-state index is 5.94. The third-order valence-electron chi connectivity index (χ3n) is 3.46. The van der Waals surface area contributed by atoms with Crippen LogP contribution in [0.1, 0.15) is 17.5 Å². The number of fused-ring (bicyclic) bond motifs is 1. The predicted octanol–water partition coefficient (Wildman–Crippen LogP) is 2.61. The van der Waals surface area contributed by atoms with Gasteiger partial charge in [0.2, 0.25) is 0 Å². The predicted molar refractivity (Wildman–Crippen MR) is 78.1 cm³/mol. The van der Waals surface area contributed by atoms with Crippen LogP contribution in [0.3, 0.4) is 0 Å². The highest BCUT2D eigenvalue weighted by Crippen LogP contribution is 2.37. The van der Waals surface area contributed by atoms with Crippen LogP contribution in [0.4, 0.5) is 5.69 Å². The quantitative estimate of drug-likeness (QED) is 0.868. The lowest BCUT2D eigenvalue weighted by Gasteiger charge is -2.21. The molecular weight excluding hydrogens is 252 g/mol. The van der Waals surface area contributed by atoms with Gasteiger partial charge in [-0.05, 0) is 42.7 Å². The van der Waals surface area contributed by atoms with E-state index in [0.717, 1.165) is 42.9 Å². The van der Waals surface area contributed by atoms with Gasteiger partial charge in [0.1, 0.15) is 11.5 Å². The van der Waals surface area contributed by atoms with Gasteiger partial charge in [0.15, 0.2) is 0 Å². The molecule has 0 saturated heterocycles. The molecule has 0 radical (unpaired) electrons. The second kappa shape index (κ2) is 5.82. The van der Waals surface area contributed by atoms with E-state index < -0.39 is 0 Å². The SMILES string of the molecule is Nc1ccc(OCCc2ccncc2)c2c1OCCC2. The first-order chi connectivity index (χ1) is 9.84. The van der Waals surface area contributed by atoms with Crippen molar-refractivity contribution in [3.8, 4) is 11.5 Å². The number of rotatable bonds is 4. The Labute approximate surface area is 118 Å². The molecule has 0 saturated carbocycles. The van der Waals surface area contributed by atoms with E-state index in [0.29, 0.717) is 12.3 Å². The maximum absolute atomic E-state index is 5.94. The highest BCUT2D eigenvalue weighted by atomic mass is 16.5. The molecule has 0 aliphatic carbocycles. The van der Waals surface area contributed by atoms with E-state index >= 15 is 0 Å². The van der Waals surface area contributed by atoms with Crippen molar-refractivity contribution < 1.29 is 9.47 Å². The van der Waals surface area contributed by atoms with Gasteiger partial charge < -0.3 is 15.2 Å². The molecule has 104 valence electrons. The molecule has 1 aliphatic rings. The minimum absolute atomic E-state index is 0.639. The fourth-order valence-electron chi connectivity index (χ4n) is 2.42. The molecule has 20 heavy (non-hydrogen) atoms. The van der Waals surface area contributed by atoms with Crippen molar-refractivity contribution in [2.24, 2.45) is 0 Å². The van der Waals surface area contributed by atoms with Crippen molar-refractivity contribution in [2.75, 3.05) is 18.9 Å². The van der Waals surface area contributed by atoms with E-state index in [9.17, 15) is 0 Å². The Morgan fingerprint density at radius 1 is 1.20 bits per heavy atom. The number of hydrogen-bond acceptors (Lipinski definition) is 4. The minimum atomic E-state index is 0.639. The molecule has 0 unspecified atom stereocenters. The van der Waals surface area contributed by atoms with Crippen LogP contribution < -0.4 is 15.2 Å². The average molecular weight is 270 g/mol. The van der Waals surface area contributed by atoms with Gasteiger partial charge in [-0.25, -0.2) is 0 Å². The highest BCUT2D eigenvalue weighted by molar-refractivity contribution is 5.62. The summed E-state index contributed by atoms with van der Waals surface area (Å²) >= 11 is 0. The number of hydrogen-bond donors (Lipinski definition) is 1. The second-order valence-corrected chi connectivity index (χ2v) is 4.87. The molecule has 1 aliphatic heterocycles. The Morgan fingerprint density at radius 2 is 2.05 bits per heavy atom. The molecule has 2 aromatic rings. The monoisotopic (exact) mass is 270 g/mol. The Kier molecular flexibility index (Phi) is 3.72. The molecule has 4 heteroatoms. The molecule has 2 N–H and O–H groups in total. The number of ether oxygens (including phenoxy) is 2. The smallest absolute Gasteiger partial charge is 0.149 e. The van der Waals surface area contributed by atoms with Crippen LogP contribution in [0, 0.1) is 0 Å². The highest BCUT2D eigenvalue weighted by Gasteiger charge is 2.18. The zero-order chi connectivity index (χ0) is 13.8. The van der Waals surface area contributed by atoms with E-state index in [2.05, 4.69) is 4.98 Å². The third kappa shape index (κ3) is 2.69. The van der Waals surface area contributed by atoms with Crippen molar-refractivity contribution in [2.45, 2.75) is 19.3 Å². The van der Waals surface area contributed by atoms with Gasteiger partial charge in [0.25, 0.3) is 0 Å². The van der Waals surface area contributed by atoms with Crippen LogP contribution in [-0.4, -0.2) is 18.2 Å². The van der Waals surface area contributed by atoms with Gasteiger partial charge in [-0.3, -0.25) is 4.98 Å². The largest absolute Gasteiger partial charge is 0.493 e. The standard InChI is InChI=1S/C16H18N2O2/c17-14-3-4-15(13-2-1-10-20-16(13)14)19-11-7-12-5-8-18-9-6-12/h3-6,8-9H,1-2,7,10-11,17H2. The topological polar surface area (TPSA) is 57.4 Å². The molecule has 1 aromatic carbocycles. The molecule has 3 rings (SSSR count). The summed E-state index contributed by atoms with van der Waals surface area (Å²) in [6.45, 7) is 1.37. The van der Waals surface area contributed by atoms with Gasteiger partial charge in [-0.1, -0.05) is 0 Å². The number of anilines is 1. The fourth-order valence-corrected chi connectivity index (χ4v) is 2.42. The van der Waals surface area contributed by atoms with Crippen LogP contribution in [0.2, 0.25) is 0 Å². The Hall–Kier alpha value is -2.23. The lowest BCUT2D eigenvalue weighted by Crippen LogP contribution is -2.13. The summed E-state index contributed by atoms with van der Waals surface area (Å²) in [6, 6.07) is 7.80. The summed E-state index contributed by atoms with van der Waals surface area (Å²) < 4.78 is 11.6. The van der Waals surface area contributed by atoms with E-state index in [1.807, 2.05) is 24.3 Å². The van der Waals surface area contributed by atoms with Crippen LogP contribution >= 0.6 is 0 Å². The van der Waals surface area contributed by atoms with Gasteiger partial charge in [0.05, 0.1) is 18.9 Å². The fraction of sp³-hybridized carbons (Fsp3) is 0.312. The van der Waals surface area contributed by atoms with Gasteiger partial charge in [-0.15, -0.1) is 0 Å². The van der Waals surface area contributed by atoms with Crippen molar-refractivity contribution in [1.82, 2.24) is 4.98 Å². The van der Waals surface area contributed by atoms with Crippen molar-refractivity contribution in [1.29, 1.82) is 0 Å². The van der Waals surface area contributed by atoms with Crippen LogP contribution in [-0.2, 0) is 12.8 Å². The Morgan fingerprint density at radius 3 is 2.90 bits per heavy atom. The third-order valence-corrected chi connectivity index (χ3v) is 3.46. The molecule has 4 nitrogen and oxygen atoms in total. The maximum Gasteiger partial charge on any atom is 0.149 e. The summed E-state index contributed by atoms with van der Waals surface area (Å²) in [7, 11) is 0. The zero-order valence-electron chi connectivity index (χ0n) is 11.3. The minimum Gasteiger partial charge on any atom is -0.493 e. The summed E-state index contributed by atoms with van der Waals surface area (Å²) in [5.74, 6) is 1.70. The zero-order valence-corrected chi connectivity index (χ0v) is 11.3. The number of aromatic nitrogens is 1. The van der Waals surface area contributed by atoms with Gasteiger partial charge >= 0.3 is 0 Å². The van der Waals surface area contributed by atoms with Crippen LogP contribution in [0.15, 0.2) is 36.7 Å². The molecule has 0 spiro atoms. The summed E-state index contributed by atoms with van der Waals surface area (Å²) in [5.41, 5.74) is 8.96. The van der Waals surface area contributed by atoms with E-state index in [-0.39, 0.29) is 0 Å². The van der Waals surface area contributed by atoms with Crippen molar-refractivity contribution >= 4 is 5.69 Å². The summed E-state index contributed by atoms with van der Waals surface area (Å²) in [4.78, 5) is 4.01. The number of benzene rings is 1.